The molecule has 0 spiro atoms. The molecule has 114 valence electrons. The van der Waals surface area contributed by atoms with Crippen molar-refractivity contribution in [3.63, 3.8) is 0 Å². The maximum atomic E-state index is 12.3. The number of hydrogen-bond donors (Lipinski definition) is 1. The molecule has 1 aliphatic heterocycles. The Bertz CT molecular complexity index is 541. The quantitative estimate of drug-likeness (QED) is 0.927. The largest absolute Gasteiger partial charge is 0.401 e. The van der Waals surface area contributed by atoms with E-state index >= 15 is 0 Å². The summed E-state index contributed by atoms with van der Waals surface area (Å²) < 4.78 is 36.9. The highest BCUT2D eigenvalue weighted by Crippen LogP contribution is 2.25. The van der Waals surface area contributed by atoms with E-state index in [0.717, 1.165) is 0 Å². The molecule has 0 bridgehead atoms. The highest BCUT2D eigenvalue weighted by molar-refractivity contribution is 6.34. The Labute approximate surface area is 125 Å². The molecule has 1 saturated heterocycles. The normalized spacial score (nSPS) is 19.5. The summed E-state index contributed by atoms with van der Waals surface area (Å²) in [6.07, 6.45) is -2.00. The van der Waals surface area contributed by atoms with Crippen LogP contribution in [0.25, 0.3) is 0 Å². The predicted molar refractivity (Wildman–Crippen MR) is 73.1 cm³/mol. The van der Waals surface area contributed by atoms with Gasteiger partial charge in [0.15, 0.2) is 0 Å². The zero-order valence-electron chi connectivity index (χ0n) is 11.1. The average Bonchev–Trinajstić information content (AvgIpc) is 2.83. The molecule has 0 aromatic carbocycles. The van der Waals surface area contributed by atoms with Crippen LogP contribution in [0, 0.1) is 17.2 Å². The smallest absolute Gasteiger partial charge is 0.368 e. The van der Waals surface area contributed by atoms with E-state index < -0.39 is 12.7 Å². The summed E-state index contributed by atoms with van der Waals surface area (Å²) in [5, 5.41) is 12.1. The maximum absolute atomic E-state index is 12.3. The number of halogens is 4. The fourth-order valence-electron chi connectivity index (χ4n) is 2.37. The van der Waals surface area contributed by atoms with Gasteiger partial charge < -0.3 is 5.32 Å². The van der Waals surface area contributed by atoms with E-state index in [4.69, 9.17) is 16.9 Å². The molecule has 2 rings (SSSR count). The Morgan fingerprint density at radius 1 is 1.52 bits per heavy atom. The van der Waals surface area contributed by atoms with E-state index in [1.54, 1.807) is 0 Å². The number of likely N-dealkylation sites (tertiary alicyclic amines) is 1. The molecule has 1 aliphatic rings. The Hall–Kier alpha value is -1.52. The average molecular weight is 319 g/mol. The number of pyridine rings is 1. The maximum Gasteiger partial charge on any atom is 0.401 e. The number of rotatable bonds is 4. The van der Waals surface area contributed by atoms with E-state index in [0.29, 0.717) is 37.4 Å². The summed E-state index contributed by atoms with van der Waals surface area (Å²) in [5.74, 6) is 0.501. The van der Waals surface area contributed by atoms with Crippen LogP contribution in [-0.4, -0.2) is 42.2 Å². The fourth-order valence-corrected chi connectivity index (χ4v) is 2.59. The molecular formula is C13H14ClF3N4. The molecule has 21 heavy (non-hydrogen) atoms. The highest BCUT2D eigenvalue weighted by Gasteiger charge is 2.34. The molecule has 2 heterocycles. The van der Waals surface area contributed by atoms with E-state index in [-0.39, 0.29) is 10.9 Å². The van der Waals surface area contributed by atoms with Crippen molar-refractivity contribution in [1.82, 2.24) is 9.88 Å². The lowest BCUT2D eigenvalue weighted by molar-refractivity contribution is -0.143. The van der Waals surface area contributed by atoms with Crippen molar-refractivity contribution < 1.29 is 13.2 Å². The van der Waals surface area contributed by atoms with Gasteiger partial charge in [0, 0.05) is 19.3 Å². The minimum atomic E-state index is -4.16. The van der Waals surface area contributed by atoms with Crippen LogP contribution in [0.1, 0.15) is 12.0 Å². The van der Waals surface area contributed by atoms with Gasteiger partial charge in [-0.05, 0) is 24.9 Å². The summed E-state index contributed by atoms with van der Waals surface area (Å²) in [6, 6.07) is 3.46. The van der Waals surface area contributed by atoms with Gasteiger partial charge in [0.1, 0.15) is 16.9 Å². The molecule has 1 fully saturated rings. The van der Waals surface area contributed by atoms with E-state index in [1.165, 1.54) is 17.2 Å². The van der Waals surface area contributed by atoms with Crippen LogP contribution in [0.2, 0.25) is 5.02 Å². The fraction of sp³-hybridized carbons (Fsp3) is 0.538. The lowest BCUT2D eigenvalue weighted by Crippen LogP contribution is -2.33. The van der Waals surface area contributed by atoms with Crippen molar-refractivity contribution in [1.29, 1.82) is 5.26 Å². The minimum absolute atomic E-state index is 0.107. The van der Waals surface area contributed by atoms with Gasteiger partial charge >= 0.3 is 6.18 Å². The van der Waals surface area contributed by atoms with Crippen LogP contribution in [-0.2, 0) is 0 Å². The predicted octanol–water partition coefficient (Wildman–Crippen LogP) is 2.90. The molecular weight excluding hydrogens is 305 g/mol. The zero-order valence-corrected chi connectivity index (χ0v) is 11.9. The van der Waals surface area contributed by atoms with Crippen LogP contribution >= 0.6 is 11.6 Å². The third-order valence-electron chi connectivity index (χ3n) is 3.34. The van der Waals surface area contributed by atoms with Gasteiger partial charge in [-0.25, -0.2) is 4.98 Å². The molecule has 0 radical (unpaired) electrons. The van der Waals surface area contributed by atoms with Gasteiger partial charge in [0.2, 0.25) is 0 Å². The van der Waals surface area contributed by atoms with E-state index in [2.05, 4.69) is 10.3 Å². The highest BCUT2D eigenvalue weighted by atomic mass is 35.5. The molecule has 0 amide bonds. The second-order valence-electron chi connectivity index (χ2n) is 5.02. The lowest BCUT2D eigenvalue weighted by atomic mass is 10.1. The number of aromatic nitrogens is 1. The summed E-state index contributed by atoms with van der Waals surface area (Å²) in [4.78, 5) is 5.43. The summed E-state index contributed by atoms with van der Waals surface area (Å²) in [5.41, 5.74) is 0.319. The number of nitrogens with one attached hydrogen (secondary N) is 1. The van der Waals surface area contributed by atoms with E-state index in [9.17, 15) is 13.2 Å². The Morgan fingerprint density at radius 2 is 2.29 bits per heavy atom. The van der Waals surface area contributed by atoms with Crippen molar-refractivity contribution in [2.45, 2.75) is 12.6 Å². The second kappa shape index (κ2) is 6.50. The first-order valence-corrected chi connectivity index (χ1v) is 6.84. The molecule has 8 heteroatoms. The Morgan fingerprint density at radius 3 is 2.95 bits per heavy atom. The van der Waals surface area contributed by atoms with Gasteiger partial charge in [-0.15, -0.1) is 0 Å². The molecule has 1 N–H and O–H groups in total. The van der Waals surface area contributed by atoms with Crippen molar-refractivity contribution in [3.8, 4) is 6.07 Å². The van der Waals surface area contributed by atoms with Gasteiger partial charge in [0.05, 0.1) is 12.1 Å². The molecule has 1 unspecified atom stereocenters. The monoisotopic (exact) mass is 318 g/mol. The van der Waals surface area contributed by atoms with Crippen LogP contribution in [0.4, 0.5) is 19.0 Å². The first-order chi connectivity index (χ1) is 9.89. The minimum Gasteiger partial charge on any atom is -0.368 e. The van der Waals surface area contributed by atoms with Crippen LogP contribution in [0.3, 0.4) is 0 Å². The number of nitriles is 1. The first kappa shape index (κ1) is 15.9. The van der Waals surface area contributed by atoms with Crippen LogP contribution in [0.5, 0.6) is 0 Å². The van der Waals surface area contributed by atoms with Gasteiger partial charge in [0.25, 0.3) is 0 Å². The van der Waals surface area contributed by atoms with Crippen LogP contribution < -0.4 is 5.32 Å². The molecule has 1 aromatic rings. The molecule has 1 aromatic heterocycles. The van der Waals surface area contributed by atoms with Crippen LogP contribution in [0.15, 0.2) is 12.3 Å². The molecule has 4 nitrogen and oxygen atoms in total. The summed E-state index contributed by atoms with van der Waals surface area (Å²) in [7, 11) is 0. The SMILES string of the molecule is N#Cc1ccnc(NCC2CCN(CC(F)(F)F)C2)c1Cl. The topological polar surface area (TPSA) is 52.0 Å². The number of nitrogens with zero attached hydrogens (tertiary/aromatic N) is 3. The second-order valence-corrected chi connectivity index (χ2v) is 5.40. The summed E-state index contributed by atoms with van der Waals surface area (Å²) >= 11 is 6.00. The lowest BCUT2D eigenvalue weighted by Gasteiger charge is -2.18. The third-order valence-corrected chi connectivity index (χ3v) is 3.72. The first-order valence-electron chi connectivity index (χ1n) is 6.46. The molecule has 0 aliphatic carbocycles. The van der Waals surface area contributed by atoms with Gasteiger partial charge in [-0.3, -0.25) is 4.90 Å². The van der Waals surface area contributed by atoms with Crippen molar-refractivity contribution >= 4 is 17.4 Å². The van der Waals surface area contributed by atoms with Crippen molar-refractivity contribution in [2.24, 2.45) is 5.92 Å². The molecule has 0 saturated carbocycles. The summed E-state index contributed by atoms with van der Waals surface area (Å²) in [6.45, 7) is 0.440. The van der Waals surface area contributed by atoms with Gasteiger partial charge in [-0.2, -0.15) is 18.4 Å². The number of alkyl halides is 3. The molecule has 1 atom stereocenters. The standard InChI is InChI=1S/C13H14ClF3N4/c14-11-10(5-18)1-3-19-12(11)20-6-9-2-4-21(7-9)8-13(15,16)17/h1,3,9H,2,4,6-8H2,(H,19,20). The van der Waals surface area contributed by atoms with Crippen molar-refractivity contribution in [2.75, 3.05) is 31.5 Å². The number of anilines is 1. The Balaban J connectivity index is 1.87. The zero-order chi connectivity index (χ0) is 15.5. The Kier molecular flexibility index (Phi) is 4.91. The van der Waals surface area contributed by atoms with Crippen molar-refractivity contribution in [3.05, 3.63) is 22.8 Å². The van der Waals surface area contributed by atoms with E-state index in [1.807, 2.05) is 6.07 Å². The van der Waals surface area contributed by atoms with Gasteiger partial charge in [-0.1, -0.05) is 11.6 Å². The number of hydrogen-bond acceptors (Lipinski definition) is 4. The third kappa shape index (κ3) is 4.48.